The number of hydrogen-bond donors (Lipinski definition) is 0. The van der Waals surface area contributed by atoms with Crippen LogP contribution in [-0.2, 0) is 0 Å². The summed E-state index contributed by atoms with van der Waals surface area (Å²) in [4.78, 5) is 0. The van der Waals surface area contributed by atoms with E-state index >= 15 is 0 Å². The minimum absolute atomic E-state index is 0.898. The zero-order valence-electron chi connectivity index (χ0n) is 23.7. The van der Waals surface area contributed by atoms with Gasteiger partial charge in [-0.05, 0) is 55.9 Å². The summed E-state index contributed by atoms with van der Waals surface area (Å²) in [6.45, 7) is 0. The van der Waals surface area contributed by atoms with Crippen molar-refractivity contribution in [1.29, 1.82) is 0 Å². The highest BCUT2D eigenvalue weighted by Gasteiger charge is 2.22. The first-order chi connectivity index (χ1) is 21.8. The third kappa shape index (κ3) is 3.20. The zero-order chi connectivity index (χ0) is 28.8. The van der Waals surface area contributed by atoms with Crippen LogP contribution < -0.4 is 0 Å². The molecule has 204 valence electrons. The molecule has 0 fully saturated rings. The second-order valence-corrected chi connectivity index (χ2v) is 11.6. The molecule has 8 aromatic carbocycles. The number of furan rings is 2. The lowest BCUT2D eigenvalue weighted by Gasteiger charge is -2.17. The predicted molar refractivity (Wildman–Crippen MR) is 184 cm³/mol. The molecular weight excluding hydrogens is 536 g/mol. The van der Waals surface area contributed by atoms with E-state index in [1.54, 1.807) is 0 Å². The summed E-state index contributed by atoms with van der Waals surface area (Å²) >= 11 is 0. The van der Waals surface area contributed by atoms with Gasteiger partial charge in [0, 0.05) is 43.8 Å². The predicted octanol–water partition coefficient (Wildman–Crippen LogP) is 12.3. The molecule has 10 aromatic rings. The molecule has 0 atom stereocenters. The molecule has 0 aliphatic rings. The van der Waals surface area contributed by atoms with E-state index in [-0.39, 0.29) is 0 Å². The van der Waals surface area contributed by atoms with E-state index in [4.69, 9.17) is 8.83 Å². The molecule has 44 heavy (non-hydrogen) atoms. The van der Waals surface area contributed by atoms with Gasteiger partial charge in [-0.1, -0.05) is 121 Å². The van der Waals surface area contributed by atoms with Gasteiger partial charge >= 0.3 is 0 Å². The molecule has 0 bridgehead atoms. The Morgan fingerprint density at radius 2 is 0.886 bits per heavy atom. The number of para-hydroxylation sites is 1. The fourth-order valence-corrected chi connectivity index (χ4v) is 7.34. The lowest BCUT2D eigenvalue weighted by molar-refractivity contribution is 0.617. The van der Waals surface area contributed by atoms with Crippen molar-refractivity contribution in [3.05, 3.63) is 146 Å². The average molecular weight is 561 g/mol. The van der Waals surface area contributed by atoms with Crippen LogP contribution in [0.5, 0.6) is 0 Å². The minimum Gasteiger partial charge on any atom is -0.464 e. The quantitative estimate of drug-likeness (QED) is 0.197. The van der Waals surface area contributed by atoms with Crippen LogP contribution in [0.1, 0.15) is 0 Å². The lowest BCUT2D eigenvalue weighted by atomic mass is 9.85. The molecule has 0 unspecified atom stereocenters. The highest BCUT2D eigenvalue weighted by atomic mass is 16.3. The Kier molecular flexibility index (Phi) is 4.75. The SMILES string of the molecule is c1ccc2cc3c(-c4c5ccccc5c(-c5cccc6c5oc5c7ccccc7ccc65)c5ccccc45)coc3cc2c1. The van der Waals surface area contributed by atoms with E-state index in [1.807, 2.05) is 6.26 Å². The third-order valence-electron chi connectivity index (χ3n) is 9.30. The second kappa shape index (κ2) is 8.82. The van der Waals surface area contributed by atoms with Gasteiger partial charge in [0.1, 0.15) is 16.7 Å². The Hall–Kier alpha value is -5.86. The molecule has 0 N–H and O–H groups in total. The lowest BCUT2D eigenvalue weighted by Crippen LogP contribution is -1.90. The Morgan fingerprint density at radius 1 is 0.341 bits per heavy atom. The van der Waals surface area contributed by atoms with Gasteiger partial charge in [-0.2, -0.15) is 0 Å². The van der Waals surface area contributed by atoms with Crippen molar-refractivity contribution in [1.82, 2.24) is 0 Å². The average Bonchev–Trinajstić information content (AvgIpc) is 3.67. The Morgan fingerprint density at radius 3 is 1.59 bits per heavy atom. The van der Waals surface area contributed by atoms with Gasteiger partial charge in [0.25, 0.3) is 0 Å². The number of rotatable bonds is 2. The topological polar surface area (TPSA) is 26.3 Å². The van der Waals surface area contributed by atoms with Crippen LogP contribution in [0.4, 0.5) is 0 Å². The third-order valence-corrected chi connectivity index (χ3v) is 9.30. The van der Waals surface area contributed by atoms with Crippen molar-refractivity contribution >= 4 is 76.0 Å². The molecule has 2 heteroatoms. The van der Waals surface area contributed by atoms with E-state index in [0.29, 0.717) is 0 Å². The Balaban J connectivity index is 1.34. The molecule has 2 heterocycles. The number of hydrogen-bond acceptors (Lipinski definition) is 2. The van der Waals surface area contributed by atoms with Gasteiger partial charge in [-0.3, -0.25) is 0 Å². The monoisotopic (exact) mass is 560 g/mol. The summed E-state index contributed by atoms with van der Waals surface area (Å²) in [5.41, 5.74) is 7.34. The summed E-state index contributed by atoms with van der Waals surface area (Å²) in [6.07, 6.45) is 1.93. The first-order valence-electron chi connectivity index (χ1n) is 15.0. The van der Waals surface area contributed by atoms with Crippen LogP contribution in [-0.4, -0.2) is 0 Å². The fraction of sp³-hybridized carbons (Fsp3) is 0. The normalized spacial score (nSPS) is 12.1. The molecule has 0 saturated heterocycles. The maximum Gasteiger partial charge on any atom is 0.143 e. The first-order valence-corrected chi connectivity index (χ1v) is 15.0. The fourth-order valence-electron chi connectivity index (χ4n) is 7.34. The van der Waals surface area contributed by atoms with Crippen LogP contribution in [0.3, 0.4) is 0 Å². The summed E-state index contributed by atoms with van der Waals surface area (Å²) in [5, 5.41) is 12.9. The van der Waals surface area contributed by atoms with Gasteiger partial charge in [0.2, 0.25) is 0 Å². The van der Waals surface area contributed by atoms with E-state index < -0.39 is 0 Å². The molecule has 0 saturated carbocycles. The smallest absolute Gasteiger partial charge is 0.143 e. The van der Waals surface area contributed by atoms with E-state index in [0.717, 1.165) is 49.4 Å². The highest BCUT2D eigenvalue weighted by molar-refractivity contribution is 6.26. The molecule has 0 spiro atoms. The molecule has 0 aliphatic carbocycles. The summed E-state index contributed by atoms with van der Waals surface area (Å²) < 4.78 is 13.1. The Labute approximate surface area is 252 Å². The van der Waals surface area contributed by atoms with Crippen LogP contribution in [0, 0.1) is 0 Å². The highest BCUT2D eigenvalue weighted by Crippen LogP contribution is 2.48. The molecule has 0 radical (unpaired) electrons. The second-order valence-electron chi connectivity index (χ2n) is 11.6. The maximum atomic E-state index is 6.84. The largest absolute Gasteiger partial charge is 0.464 e. The van der Waals surface area contributed by atoms with Crippen molar-refractivity contribution < 1.29 is 8.83 Å². The standard InChI is InChI=1S/C42H24O2/c1-2-12-27-23-38-36(22-26(27)11-1)37(24-43-38)40-31-16-7-5-14-29(31)39(30-15-6-8-17-32(30)40)35-19-9-18-33-34-21-20-25-10-3-4-13-28(25)41(34)44-42(33)35/h1-24H. The molecular formula is C42H24O2. The van der Waals surface area contributed by atoms with Crippen molar-refractivity contribution in [2.24, 2.45) is 0 Å². The van der Waals surface area contributed by atoms with Crippen molar-refractivity contribution in [3.63, 3.8) is 0 Å². The molecule has 0 amide bonds. The summed E-state index contributed by atoms with van der Waals surface area (Å²) in [6, 6.07) is 49.8. The number of benzene rings is 8. The van der Waals surface area contributed by atoms with Gasteiger partial charge in [-0.25, -0.2) is 0 Å². The molecule has 2 aromatic heterocycles. The summed E-state index contributed by atoms with van der Waals surface area (Å²) in [7, 11) is 0. The van der Waals surface area contributed by atoms with Crippen LogP contribution in [0.2, 0.25) is 0 Å². The maximum absolute atomic E-state index is 6.84. The van der Waals surface area contributed by atoms with Crippen molar-refractivity contribution in [2.75, 3.05) is 0 Å². The first kappa shape index (κ1) is 23.7. The molecule has 2 nitrogen and oxygen atoms in total. The van der Waals surface area contributed by atoms with Gasteiger partial charge < -0.3 is 8.83 Å². The van der Waals surface area contributed by atoms with E-state index in [9.17, 15) is 0 Å². The molecule has 0 aliphatic heterocycles. The number of fused-ring (bicyclic) bond motifs is 9. The van der Waals surface area contributed by atoms with Crippen LogP contribution >= 0.6 is 0 Å². The molecule has 10 rings (SSSR count). The van der Waals surface area contributed by atoms with Crippen molar-refractivity contribution in [3.8, 4) is 22.3 Å². The van der Waals surface area contributed by atoms with Gasteiger partial charge in [-0.15, -0.1) is 0 Å². The summed E-state index contributed by atoms with van der Waals surface area (Å²) in [5.74, 6) is 0. The Bertz CT molecular complexity index is 2720. The van der Waals surface area contributed by atoms with Gasteiger partial charge in [0.05, 0.1) is 6.26 Å². The van der Waals surface area contributed by atoms with E-state index in [1.165, 1.54) is 48.8 Å². The van der Waals surface area contributed by atoms with Crippen molar-refractivity contribution in [2.45, 2.75) is 0 Å². The zero-order valence-corrected chi connectivity index (χ0v) is 23.7. The van der Waals surface area contributed by atoms with E-state index in [2.05, 4.69) is 140 Å². The van der Waals surface area contributed by atoms with Crippen LogP contribution in [0.15, 0.2) is 155 Å². The van der Waals surface area contributed by atoms with Crippen LogP contribution in [0.25, 0.3) is 98.3 Å². The van der Waals surface area contributed by atoms with Gasteiger partial charge in [0.15, 0.2) is 0 Å². The minimum atomic E-state index is 0.898.